The monoisotopic (exact) mass is 381 g/mol. The Labute approximate surface area is 154 Å². The van der Waals surface area contributed by atoms with E-state index >= 15 is 0 Å². The zero-order valence-electron chi connectivity index (χ0n) is 14.7. The summed E-state index contributed by atoms with van der Waals surface area (Å²) in [5.74, 6) is 0.622. The fraction of sp³-hybridized carbons (Fsp3) is 0.562. The number of nitrogens with zero attached hydrogens (tertiary/aromatic N) is 3. The van der Waals surface area contributed by atoms with Crippen LogP contribution >= 0.6 is 0 Å². The van der Waals surface area contributed by atoms with Gasteiger partial charge in [-0.15, -0.1) is 0 Å². The third-order valence-corrected chi connectivity index (χ3v) is 4.27. The van der Waals surface area contributed by atoms with Crippen molar-refractivity contribution in [2.24, 2.45) is 0 Å². The highest BCUT2D eigenvalue weighted by atomic mass is 16.7. The number of rotatable bonds is 7. The number of anilines is 1. The van der Waals surface area contributed by atoms with Crippen molar-refractivity contribution in [3.8, 4) is 0 Å². The average molecular weight is 381 g/mol. The normalized spacial score (nSPS) is 29.2. The lowest BCUT2D eigenvalue weighted by Crippen LogP contribution is -2.59. The minimum absolute atomic E-state index is 0.133. The summed E-state index contributed by atoms with van der Waals surface area (Å²) in [5, 5.41) is 41.8. The van der Waals surface area contributed by atoms with E-state index in [2.05, 4.69) is 25.3 Å². The molecule has 0 saturated carbocycles. The molecule has 0 spiro atoms. The first-order valence-corrected chi connectivity index (χ1v) is 8.47. The second-order valence-electron chi connectivity index (χ2n) is 6.26. The summed E-state index contributed by atoms with van der Waals surface area (Å²) in [4.78, 5) is 15.2. The number of ether oxygens (including phenoxy) is 2. The molecule has 0 aliphatic carbocycles. The van der Waals surface area contributed by atoms with E-state index in [0.717, 1.165) is 5.57 Å². The first kappa shape index (κ1) is 19.6. The molecule has 1 fully saturated rings. The maximum atomic E-state index is 9.94. The van der Waals surface area contributed by atoms with Crippen molar-refractivity contribution >= 4 is 17.0 Å². The molecule has 27 heavy (non-hydrogen) atoms. The Bertz CT molecular complexity index is 782. The van der Waals surface area contributed by atoms with E-state index in [-0.39, 0.29) is 6.61 Å². The van der Waals surface area contributed by atoms with Crippen molar-refractivity contribution in [3.05, 3.63) is 24.3 Å². The lowest BCUT2D eigenvalue weighted by Gasteiger charge is -2.39. The molecule has 11 nitrogen and oxygen atoms in total. The van der Waals surface area contributed by atoms with Gasteiger partial charge in [0.25, 0.3) is 0 Å². The Morgan fingerprint density at radius 3 is 2.85 bits per heavy atom. The number of hydrogen-bond acceptors (Lipinski definition) is 10. The Hall–Kier alpha value is -2.15. The zero-order chi connectivity index (χ0) is 19.4. The maximum Gasteiger partial charge on any atom is 0.187 e. The standard InChI is InChI=1S/C16H23N5O6/c1-8(2-3-17-14-10-15(19-6-18-10)21-7-20-14)5-26-16-13(25)12(24)11(23)9(4-22)27-16/h2,6-7,9,11-13,16,22-25H,3-5H2,1H3,(H2,17,18,19,20,21)/b8-2-/t9-,11?,12+,13?,16-/m1/s1. The second-order valence-corrected chi connectivity index (χ2v) is 6.26. The molecule has 2 unspecified atom stereocenters. The van der Waals surface area contributed by atoms with Crippen molar-refractivity contribution in [2.75, 3.05) is 25.1 Å². The number of aliphatic hydroxyl groups is 4. The highest BCUT2D eigenvalue weighted by molar-refractivity contribution is 5.81. The van der Waals surface area contributed by atoms with Gasteiger partial charge >= 0.3 is 0 Å². The van der Waals surface area contributed by atoms with Crippen LogP contribution in [0.1, 0.15) is 6.92 Å². The first-order valence-electron chi connectivity index (χ1n) is 8.47. The minimum atomic E-state index is -1.46. The molecule has 6 N–H and O–H groups in total. The highest BCUT2D eigenvalue weighted by Crippen LogP contribution is 2.22. The SMILES string of the molecule is C/C(=C/CNc1ncnc2nc[nH]c12)CO[C@@H]1O[C@H](CO)C(O)[C@H](O)C1O. The van der Waals surface area contributed by atoms with Crippen LogP contribution in [0.2, 0.25) is 0 Å². The Balaban J connectivity index is 1.51. The van der Waals surface area contributed by atoms with Gasteiger partial charge in [0.1, 0.15) is 36.3 Å². The molecule has 11 heteroatoms. The molecule has 2 aromatic rings. The smallest absolute Gasteiger partial charge is 0.187 e. The van der Waals surface area contributed by atoms with E-state index in [9.17, 15) is 20.4 Å². The summed E-state index contributed by atoms with van der Waals surface area (Å²) in [7, 11) is 0. The first-order chi connectivity index (χ1) is 13.0. The van der Waals surface area contributed by atoms with Crippen molar-refractivity contribution in [3.63, 3.8) is 0 Å². The summed E-state index contributed by atoms with van der Waals surface area (Å²) in [6.07, 6.45) is -1.58. The van der Waals surface area contributed by atoms with Crippen LogP contribution in [-0.2, 0) is 9.47 Å². The molecule has 0 aromatic carbocycles. The number of H-pyrrole nitrogens is 1. The average Bonchev–Trinajstić information content (AvgIpc) is 3.15. The lowest BCUT2D eigenvalue weighted by atomic mass is 9.99. The number of aromatic nitrogens is 4. The molecule has 3 heterocycles. The lowest BCUT2D eigenvalue weighted by molar-refractivity contribution is -0.299. The molecule has 1 saturated heterocycles. The van der Waals surface area contributed by atoms with E-state index < -0.39 is 37.3 Å². The molecule has 5 atom stereocenters. The molecule has 0 radical (unpaired) electrons. The quantitative estimate of drug-likeness (QED) is 0.312. The zero-order valence-corrected chi connectivity index (χ0v) is 14.7. The number of fused-ring (bicyclic) bond motifs is 1. The van der Waals surface area contributed by atoms with Crippen LogP contribution in [0.15, 0.2) is 24.3 Å². The van der Waals surface area contributed by atoms with Gasteiger partial charge in [-0.25, -0.2) is 15.0 Å². The van der Waals surface area contributed by atoms with Crippen LogP contribution in [0.25, 0.3) is 11.2 Å². The molecule has 3 rings (SSSR count). The summed E-state index contributed by atoms with van der Waals surface area (Å²) in [6, 6.07) is 0. The Kier molecular flexibility index (Phi) is 6.31. The van der Waals surface area contributed by atoms with Gasteiger partial charge in [-0.2, -0.15) is 0 Å². The molecule has 1 aliphatic rings. The van der Waals surface area contributed by atoms with Gasteiger partial charge in [-0.05, 0) is 12.5 Å². The van der Waals surface area contributed by atoms with E-state index in [1.165, 1.54) is 6.33 Å². The number of hydrogen-bond donors (Lipinski definition) is 6. The van der Waals surface area contributed by atoms with Gasteiger partial charge in [-0.1, -0.05) is 6.08 Å². The number of nitrogens with one attached hydrogen (secondary N) is 2. The molecular formula is C16H23N5O6. The minimum Gasteiger partial charge on any atom is -0.394 e. The summed E-state index contributed by atoms with van der Waals surface area (Å²) in [6.45, 7) is 1.94. The van der Waals surface area contributed by atoms with E-state index in [1.807, 2.05) is 13.0 Å². The van der Waals surface area contributed by atoms with Crippen LogP contribution in [0.3, 0.4) is 0 Å². The van der Waals surface area contributed by atoms with Gasteiger partial charge in [0.05, 0.1) is 19.5 Å². The Morgan fingerprint density at radius 2 is 2.07 bits per heavy atom. The largest absolute Gasteiger partial charge is 0.394 e. The van der Waals surface area contributed by atoms with Gasteiger partial charge in [0.15, 0.2) is 17.8 Å². The van der Waals surface area contributed by atoms with Crippen LogP contribution in [0, 0.1) is 0 Å². The fourth-order valence-electron chi connectivity index (χ4n) is 2.70. The van der Waals surface area contributed by atoms with Gasteiger partial charge in [-0.3, -0.25) is 0 Å². The van der Waals surface area contributed by atoms with Crippen molar-refractivity contribution < 1.29 is 29.9 Å². The number of imidazole rings is 1. The fourth-order valence-corrected chi connectivity index (χ4v) is 2.70. The van der Waals surface area contributed by atoms with Crippen molar-refractivity contribution in [1.29, 1.82) is 0 Å². The third-order valence-electron chi connectivity index (χ3n) is 4.27. The topological polar surface area (TPSA) is 166 Å². The van der Waals surface area contributed by atoms with Crippen LogP contribution in [0.5, 0.6) is 0 Å². The van der Waals surface area contributed by atoms with E-state index in [1.54, 1.807) is 6.33 Å². The maximum absolute atomic E-state index is 9.94. The second kappa shape index (κ2) is 8.69. The van der Waals surface area contributed by atoms with Gasteiger partial charge in [0, 0.05) is 6.54 Å². The third kappa shape index (κ3) is 4.40. The van der Waals surface area contributed by atoms with Crippen LogP contribution in [-0.4, -0.2) is 90.8 Å². The molecule has 2 aromatic heterocycles. The Morgan fingerprint density at radius 1 is 1.26 bits per heavy atom. The van der Waals surface area contributed by atoms with Gasteiger partial charge in [0.2, 0.25) is 0 Å². The number of aromatic amines is 1. The van der Waals surface area contributed by atoms with Crippen LogP contribution in [0.4, 0.5) is 5.82 Å². The van der Waals surface area contributed by atoms with Gasteiger partial charge < -0.3 is 40.2 Å². The highest BCUT2D eigenvalue weighted by Gasteiger charge is 2.43. The van der Waals surface area contributed by atoms with Crippen molar-refractivity contribution in [1.82, 2.24) is 19.9 Å². The van der Waals surface area contributed by atoms with Crippen LogP contribution < -0.4 is 5.32 Å². The summed E-state index contributed by atoms with van der Waals surface area (Å²) in [5.41, 5.74) is 2.12. The molecule has 0 amide bonds. The molecule has 0 bridgehead atoms. The number of aliphatic hydroxyl groups excluding tert-OH is 4. The predicted octanol–water partition coefficient (Wildman–Crippen LogP) is -1.47. The summed E-state index contributed by atoms with van der Waals surface area (Å²) >= 11 is 0. The van der Waals surface area contributed by atoms with E-state index in [4.69, 9.17) is 9.47 Å². The van der Waals surface area contributed by atoms with E-state index in [0.29, 0.717) is 23.5 Å². The summed E-state index contributed by atoms with van der Waals surface area (Å²) < 4.78 is 10.8. The predicted molar refractivity (Wildman–Crippen MR) is 93.6 cm³/mol. The van der Waals surface area contributed by atoms with Crippen molar-refractivity contribution in [2.45, 2.75) is 37.6 Å². The molecular weight excluding hydrogens is 358 g/mol. The molecule has 1 aliphatic heterocycles. The molecule has 148 valence electrons.